The Morgan fingerprint density at radius 2 is 1.95 bits per heavy atom. The number of benzene rings is 1. The topological polar surface area (TPSA) is 74.6 Å². The molecule has 0 aromatic heterocycles. The van der Waals surface area contributed by atoms with Crippen molar-refractivity contribution in [3.05, 3.63) is 52.6 Å². The lowest BCUT2D eigenvalue weighted by atomic mass is 9.97. The molecule has 0 radical (unpaired) electrons. The van der Waals surface area contributed by atoms with Crippen LogP contribution in [0.3, 0.4) is 0 Å². The molecule has 0 bridgehead atoms. The SMILES string of the molecule is CC(C)=CCC(O)/C=C(/C)C(=O)c1c(O)cccc1C=O. The molecule has 0 aliphatic heterocycles. The first-order valence-electron chi connectivity index (χ1n) is 6.68. The van der Waals surface area contributed by atoms with Gasteiger partial charge in [0.05, 0.1) is 11.7 Å². The number of Topliss-reactive ketones (excluding diaryl/α,β-unsaturated/α-hetero) is 1. The maximum atomic E-state index is 12.3. The summed E-state index contributed by atoms with van der Waals surface area (Å²) in [5.74, 6) is -0.706. The average molecular weight is 288 g/mol. The van der Waals surface area contributed by atoms with Crippen molar-refractivity contribution in [1.82, 2.24) is 0 Å². The van der Waals surface area contributed by atoms with E-state index in [-0.39, 0.29) is 22.4 Å². The molecule has 4 nitrogen and oxygen atoms in total. The summed E-state index contributed by atoms with van der Waals surface area (Å²) < 4.78 is 0. The number of hydrogen-bond acceptors (Lipinski definition) is 4. The third-order valence-corrected chi connectivity index (χ3v) is 3.00. The molecule has 4 heteroatoms. The maximum absolute atomic E-state index is 12.3. The van der Waals surface area contributed by atoms with Gasteiger partial charge in [0.1, 0.15) is 5.75 Å². The van der Waals surface area contributed by atoms with E-state index in [1.807, 2.05) is 19.9 Å². The Hall–Kier alpha value is -2.20. The zero-order valence-electron chi connectivity index (χ0n) is 12.5. The lowest BCUT2D eigenvalue weighted by molar-refractivity contribution is 0.102. The minimum absolute atomic E-state index is 0.0318. The van der Waals surface area contributed by atoms with E-state index < -0.39 is 11.9 Å². The van der Waals surface area contributed by atoms with Crippen molar-refractivity contribution < 1.29 is 19.8 Å². The van der Waals surface area contributed by atoms with Crippen molar-refractivity contribution in [3.63, 3.8) is 0 Å². The number of aldehydes is 1. The molecule has 0 aliphatic carbocycles. The van der Waals surface area contributed by atoms with Crippen LogP contribution in [0, 0.1) is 0 Å². The molecule has 0 saturated carbocycles. The summed E-state index contributed by atoms with van der Waals surface area (Å²) in [5, 5.41) is 19.6. The fourth-order valence-corrected chi connectivity index (χ4v) is 1.89. The average Bonchev–Trinajstić information content (AvgIpc) is 2.43. The molecule has 0 spiro atoms. The smallest absolute Gasteiger partial charge is 0.192 e. The minimum atomic E-state index is -0.783. The third kappa shape index (κ3) is 4.68. The van der Waals surface area contributed by atoms with Crippen LogP contribution in [0.5, 0.6) is 5.75 Å². The van der Waals surface area contributed by atoms with Crippen molar-refractivity contribution in [1.29, 1.82) is 0 Å². The standard InChI is InChI=1S/C17H20O4/c1-11(2)7-8-14(19)9-12(3)17(21)16-13(10-18)5-4-6-15(16)20/h4-7,9-10,14,19-20H,8H2,1-3H3/b12-9-. The quantitative estimate of drug-likeness (QED) is 0.365. The molecule has 1 aromatic rings. The lowest BCUT2D eigenvalue weighted by Crippen LogP contribution is -2.09. The van der Waals surface area contributed by atoms with Gasteiger partial charge in [-0.05, 0) is 44.9 Å². The monoisotopic (exact) mass is 288 g/mol. The second kappa shape index (κ2) is 7.55. The van der Waals surface area contributed by atoms with E-state index in [0.29, 0.717) is 12.7 Å². The Labute approximate surface area is 124 Å². The highest BCUT2D eigenvalue weighted by Gasteiger charge is 2.17. The lowest BCUT2D eigenvalue weighted by Gasteiger charge is -2.09. The van der Waals surface area contributed by atoms with Crippen LogP contribution in [-0.2, 0) is 0 Å². The number of phenols is 1. The van der Waals surface area contributed by atoms with E-state index in [4.69, 9.17) is 0 Å². The molecular formula is C17H20O4. The fraction of sp³-hybridized carbons (Fsp3) is 0.294. The molecule has 0 saturated heterocycles. The Kier molecular flexibility index (Phi) is 6.06. The molecule has 0 amide bonds. The number of aliphatic hydroxyl groups excluding tert-OH is 1. The second-order valence-electron chi connectivity index (χ2n) is 5.12. The van der Waals surface area contributed by atoms with Crippen molar-refractivity contribution >= 4 is 12.1 Å². The predicted octanol–water partition coefficient (Wildman–Crippen LogP) is 3.05. The van der Waals surface area contributed by atoms with Crippen LogP contribution in [0.25, 0.3) is 0 Å². The number of rotatable bonds is 6. The number of allylic oxidation sites excluding steroid dienone is 2. The summed E-state index contributed by atoms with van der Waals surface area (Å²) in [6.45, 7) is 5.40. The normalized spacial score (nSPS) is 12.7. The largest absolute Gasteiger partial charge is 0.507 e. The Morgan fingerprint density at radius 3 is 2.52 bits per heavy atom. The number of carbonyl (C=O) groups excluding carboxylic acids is 2. The van der Waals surface area contributed by atoms with Crippen LogP contribution < -0.4 is 0 Å². The highest BCUT2D eigenvalue weighted by molar-refractivity contribution is 6.13. The number of ketones is 1. The van der Waals surface area contributed by atoms with Crippen LogP contribution in [-0.4, -0.2) is 28.4 Å². The van der Waals surface area contributed by atoms with Gasteiger partial charge >= 0.3 is 0 Å². The molecular weight excluding hydrogens is 268 g/mol. The van der Waals surface area contributed by atoms with Crippen LogP contribution >= 0.6 is 0 Å². The molecule has 1 rings (SSSR count). The van der Waals surface area contributed by atoms with Gasteiger partial charge in [0.25, 0.3) is 0 Å². The molecule has 0 aliphatic rings. The van der Waals surface area contributed by atoms with Gasteiger partial charge in [-0.1, -0.05) is 23.8 Å². The van der Waals surface area contributed by atoms with E-state index in [0.717, 1.165) is 5.57 Å². The second-order valence-corrected chi connectivity index (χ2v) is 5.12. The van der Waals surface area contributed by atoms with Gasteiger partial charge in [0.15, 0.2) is 12.1 Å². The molecule has 112 valence electrons. The van der Waals surface area contributed by atoms with Crippen molar-refractivity contribution in [3.8, 4) is 5.75 Å². The van der Waals surface area contributed by atoms with E-state index in [9.17, 15) is 19.8 Å². The Balaban J connectivity index is 3.03. The number of phenolic OH excluding ortho intramolecular Hbond substituents is 1. The van der Waals surface area contributed by atoms with Gasteiger partial charge in [0.2, 0.25) is 0 Å². The van der Waals surface area contributed by atoms with Gasteiger partial charge in [-0.2, -0.15) is 0 Å². The van der Waals surface area contributed by atoms with Gasteiger partial charge in [-0.15, -0.1) is 0 Å². The van der Waals surface area contributed by atoms with Gasteiger partial charge in [-0.3, -0.25) is 9.59 Å². The van der Waals surface area contributed by atoms with Crippen LogP contribution in [0.1, 0.15) is 47.9 Å². The van der Waals surface area contributed by atoms with Gasteiger partial charge < -0.3 is 10.2 Å². The molecule has 0 heterocycles. The Morgan fingerprint density at radius 1 is 1.29 bits per heavy atom. The predicted molar refractivity (Wildman–Crippen MR) is 81.6 cm³/mol. The summed E-state index contributed by atoms with van der Waals surface area (Å²) in [6.07, 6.45) is 3.46. The van der Waals surface area contributed by atoms with Crippen LogP contribution in [0.4, 0.5) is 0 Å². The summed E-state index contributed by atoms with van der Waals surface area (Å²) in [7, 11) is 0. The molecule has 1 atom stereocenters. The zero-order chi connectivity index (χ0) is 16.0. The van der Waals surface area contributed by atoms with Crippen molar-refractivity contribution in [2.75, 3.05) is 0 Å². The number of aliphatic hydroxyl groups is 1. The molecule has 1 aromatic carbocycles. The number of carbonyl (C=O) groups is 2. The third-order valence-electron chi connectivity index (χ3n) is 3.00. The van der Waals surface area contributed by atoms with Crippen LogP contribution in [0.15, 0.2) is 41.5 Å². The molecule has 1 unspecified atom stereocenters. The summed E-state index contributed by atoms with van der Waals surface area (Å²) in [6, 6.07) is 4.32. The minimum Gasteiger partial charge on any atom is -0.507 e. The number of hydrogen-bond donors (Lipinski definition) is 2. The Bertz CT molecular complexity index is 593. The molecule has 21 heavy (non-hydrogen) atoms. The molecule has 2 N–H and O–H groups in total. The highest BCUT2D eigenvalue weighted by atomic mass is 16.3. The van der Waals surface area contributed by atoms with E-state index >= 15 is 0 Å². The van der Waals surface area contributed by atoms with Crippen molar-refractivity contribution in [2.24, 2.45) is 0 Å². The van der Waals surface area contributed by atoms with Crippen LogP contribution in [0.2, 0.25) is 0 Å². The summed E-state index contributed by atoms with van der Waals surface area (Å²) >= 11 is 0. The fourth-order valence-electron chi connectivity index (χ4n) is 1.89. The first-order valence-corrected chi connectivity index (χ1v) is 6.68. The van der Waals surface area contributed by atoms with E-state index in [1.54, 1.807) is 6.92 Å². The van der Waals surface area contributed by atoms with Gasteiger partial charge in [-0.25, -0.2) is 0 Å². The first-order chi connectivity index (χ1) is 9.86. The highest BCUT2D eigenvalue weighted by Crippen LogP contribution is 2.23. The summed E-state index contributed by atoms with van der Waals surface area (Å²) in [4.78, 5) is 23.3. The van der Waals surface area contributed by atoms with E-state index in [1.165, 1.54) is 24.3 Å². The van der Waals surface area contributed by atoms with Crippen molar-refractivity contribution in [2.45, 2.75) is 33.3 Å². The van der Waals surface area contributed by atoms with Gasteiger partial charge in [0, 0.05) is 5.56 Å². The summed E-state index contributed by atoms with van der Waals surface area (Å²) in [5.41, 5.74) is 1.46. The first kappa shape index (κ1) is 16.9. The zero-order valence-corrected chi connectivity index (χ0v) is 12.5. The maximum Gasteiger partial charge on any atom is 0.192 e. The molecule has 0 fully saturated rings. The number of aromatic hydroxyl groups is 1. The van der Waals surface area contributed by atoms with E-state index in [2.05, 4.69) is 0 Å².